The number of hydrogen-bond donors (Lipinski definition) is 1. The fourth-order valence-corrected chi connectivity index (χ4v) is 2.76. The molecule has 1 saturated carbocycles. The van der Waals surface area contributed by atoms with Crippen LogP contribution in [0.1, 0.15) is 53.4 Å². The molecule has 1 aliphatic rings. The largest absolute Gasteiger partial charge is 0.396 e. The van der Waals surface area contributed by atoms with E-state index in [2.05, 4.69) is 20.8 Å². The molecule has 0 atom stereocenters. The summed E-state index contributed by atoms with van der Waals surface area (Å²) in [4.78, 5) is 0. The average Bonchev–Trinajstić information content (AvgIpc) is 2.26. The Morgan fingerprint density at radius 2 is 1.81 bits per heavy atom. The predicted molar refractivity (Wildman–Crippen MR) is 67.4 cm³/mol. The topological polar surface area (TPSA) is 29.5 Å². The Morgan fingerprint density at radius 1 is 1.25 bits per heavy atom. The molecule has 0 aromatic heterocycles. The highest BCUT2D eigenvalue weighted by Crippen LogP contribution is 2.45. The lowest BCUT2D eigenvalue weighted by Crippen LogP contribution is -2.38. The molecule has 16 heavy (non-hydrogen) atoms. The first-order valence-corrected chi connectivity index (χ1v) is 6.62. The van der Waals surface area contributed by atoms with Gasteiger partial charge in [0.15, 0.2) is 0 Å². The molecule has 0 saturated heterocycles. The second kappa shape index (κ2) is 5.50. The van der Waals surface area contributed by atoms with Crippen molar-refractivity contribution in [2.75, 3.05) is 19.8 Å². The molecule has 0 bridgehead atoms. The van der Waals surface area contributed by atoms with Crippen LogP contribution in [0.15, 0.2) is 0 Å². The third-order valence-electron chi connectivity index (χ3n) is 4.22. The van der Waals surface area contributed by atoms with Gasteiger partial charge >= 0.3 is 0 Å². The molecule has 0 spiro atoms. The number of aliphatic hydroxyl groups is 1. The van der Waals surface area contributed by atoms with Gasteiger partial charge in [-0.05, 0) is 43.9 Å². The molecule has 0 aromatic rings. The Labute approximate surface area is 100 Å². The molecular formula is C14H28O2. The minimum absolute atomic E-state index is 0.0533. The van der Waals surface area contributed by atoms with Crippen molar-refractivity contribution in [3.8, 4) is 0 Å². The summed E-state index contributed by atoms with van der Waals surface area (Å²) >= 11 is 0. The quantitative estimate of drug-likeness (QED) is 0.800. The smallest absolute Gasteiger partial charge is 0.0544 e. The molecule has 1 aliphatic carbocycles. The standard InChI is InChI=1S/C14H28O2/c1-5-16-11-14(10-15)8-6-12(7-9-14)13(2,3)4/h12,15H,5-11H2,1-4H3. The van der Waals surface area contributed by atoms with Crippen LogP contribution in [-0.4, -0.2) is 24.9 Å². The highest BCUT2D eigenvalue weighted by atomic mass is 16.5. The molecule has 0 amide bonds. The molecule has 0 heterocycles. The van der Waals surface area contributed by atoms with E-state index in [-0.39, 0.29) is 12.0 Å². The first-order chi connectivity index (χ1) is 7.43. The molecule has 2 heteroatoms. The van der Waals surface area contributed by atoms with E-state index in [1.807, 2.05) is 6.92 Å². The summed E-state index contributed by atoms with van der Waals surface area (Å²) < 4.78 is 5.53. The van der Waals surface area contributed by atoms with Crippen LogP contribution in [0.2, 0.25) is 0 Å². The van der Waals surface area contributed by atoms with Crippen LogP contribution >= 0.6 is 0 Å². The minimum atomic E-state index is 0.0533. The summed E-state index contributed by atoms with van der Waals surface area (Å²) in [5.41, 5.74) is 0.463. The van der Waals surface area contributed by atoms with Gasteiger partial charge in [-0.15, -0.1) is 0 Å². The van der Waals surface area contributed by atoms with Gasteiger partial charge in [-0.3, -0.25) is 0 Å². The maximum atomic E-state index is 9.58. The Balaban J connectivity index is 2.50. The SMILES string of the molecule is CCOCC1(CO)CCC(C(C)(C)C)CC1. The normalized spacial score (nSPS) is 31.7. The summed E-state index contributed by atoms with van der Waals surface area (Å²) in [6.07, 6.45) is 4.70. The zero-order valence-corrected chi connectivity index (χ0v) is 11.4. The van der Waals surface area contributed by atoms with Crippen molar-refractivity contribution in [1.82, 2.24) is 0 Å². The van der Waals surface area contributed by atoms with Gasteiger partial charge in [-0.25, -0.2) is 0 Å². The van der Waals surface area contributed by atoms with Gasteiger partial charge in [0.2, 0.25) is 0 Å². The molecular weight excluding hydrogens is 200 g/mol. The van der Waals surface area contributed by atoms with Crippen LogP contribution in [0, 0.1) is 16.7 Å². The Morgan fingerprint density at radius 3 is 2.19 bits per heavy atom. The first kappa shape index (κ1) is 14.0. The van der Waals surface area contributed by atoms with Crippen LogP contribution in [0.5, 0.6) is 0 Å². The summed E-state index contributed by atoms with van der Waals surface area (Å²) in [5.74, 6) is 0.800. The predicted octanol–water partition coefficient (Wildman–Crippen LogP) is 3.24. The lowest BCUT2D eigenvalue weighted by Gasteiger charge is -2.43. The highest BCUT2D eigenvalue weighted by Gasteiger charge is 2.38. The van der Waals surface area contributed by atoms with Crippen LogP contribution in [0.4, 0.5) is 0 Å². The van der Waals surface area contributed by atoms with Crippen molar-refractivity contribution < 1.29 is 9.84 Å². The number of rotatable bonds is 4. The zero-order valence-electron chi connectivity index (χ0n) is 11.4. The van der Waals surface area contributed by atoms with Gasteiger partial charge in [-0.2, -0.15) is 0 Å². The fourth-order valence-electron chi connectivity index (χ4n) is 2.76. The van der Waals surface area contributed by atoms with E-state index in [9.17, 15) is 5.11 Å². The number of ether oxygens (including phenoxy) is 1. The van der Waals surface area contributed by atoms with Crippen molar-refractivity contribution >= 4 is 0 Å². The van der Waals surface area contributed by atoms with Gasteiger partial charge in [-0.1, -0.05) is 20.8 Å². The molecule has 96 valence electrons. The molecule has 2 nitrogen and oxygen atoms in total. The van der Waals surface area contributed by atoms with Crippen molar-refractivity contribution in [2.45, 2.75) is 53.4 Å². The molecule has 0 aliphatic heterocycles. The van der Waals surface area contributed by atoms with Gasteiger partial charge < -0.3 is 9.84 Å². The molecule has 1 fully saturated rings. The summed E-state index contributed by atoms with van der Waals surface area (Å²) in [5, 5.41) is 9.58. The maximum Gasteiger partial charge on any atom is 0.0544 e. The molecule has 0 radical (unpaired) electrons. The number of aliphatic hydroxyl groups excluding tert-OH is 1. The molecule has 1 N–H and O–H groups in total. The van der Waals surface area contributed by atoms with E-state index in [4.69, 9.17) is 4.74 Å². The van der Waals surface area contributed by atoms with Gasteiger partial charge in [0.05, 0.1) is 13.2 Å². The molecule has 0 aromatic carbocycles. The van der Waals surface area contributed by atoms with Gasteiger partial charge in [0, 0.05) is 12.0 Å². The monoisotopic (exact) mass is 228 g/mol. The zero-order chi connectivity index (χ0) is 12.2. The summed E-state index contributed by atoms with van der Waals surface area (Å²) in [6, 6.07) is 0. The third kappa shape index (κ3) is 3.46. The van der Waals surface area contributed by atoms with E-state index in [0.29, 0.717) is 5.41 Å². The van der Waals surface area contributed by atoms with Gasteiger partial charge in [0.25, 0.3) is 0 Å². The second-order valence-electron chi connectivity index (χ2n) is 6.44. The van der Waals surface area contributed by atoms with Crippen LogP contribution in [-0.2, 0) is 4.74 Å². The summed E-state index contributed by atoms with van der Waals surface area (Å²) in [6.45, 7) is 10.8. The average molecular weight is 228 g/mol. The number of hydrogen-bond acceptors (Lipinski definition) is 2. The van der Waals surface area contributed by atoms with Crippen LogP contribution < -0.4 is 0 Å². The lowest BCUT2D eigenvalue weighted by molar-refractivity contribution is -0.0324. The first-order valence-electron chi connectivity index (χ1n) is 6.62. The van der Waals surface area contributed by atoms with E-state index in [1.165, 1.54) is 12.8 Å². The van der Waals surface area contributed by atoms with Crippen LogP contribution in [0.25, 0.3) is 0 Å². The van der Waals surface area contributed by atoms with Crippen LogP contribution in [0.3, 0.4) is 0 Å². The van der Waals surface area contributed by atoms with E-state index >= 15 is 0 Å². The fraction of sp³-hybridized carbons (Fsp3) is 1.00. The van der Waals surface area contributed by atoms with Crippen molar-refractivity contribution in [3.05, 3.63) is 0 Å². The Kier molecular flexibility index (Phi) is 4.81. The molecule has 1 rings (SSSR count). The van der Waals surface area contributed by atoms with E-state index in [0.717, 1.165) is 32.0 Å². The van der Waals surface area contributed by atoms with E-state index in [1.54, 1.807) is 0 Å². The minimum Gasteiger partial charge on any atom is -0.396 e. The van der Waals surface area contributed by atoms with Crippen molar-refractivity contribution in [1.29, 1.82) is 0 Å². The van der Waals surface area contributed by atoms with Crippen molar-refractivity contribution in [3.63, 3.8) is 0 Å². The maximum absolute atomic E-state index is 9.58. The highest BCUT2D eigenvalue weighted by molar-refractivity contribution is 4.88. The Bertz CT molecular complexity index is 197. The molecule has 0 unspecified atom stereocenters. The third-order valence-corrected chi connectivity index (χ3v) is 4.22. The Hall–Kier alpha value is -0.0800. The van der Waals surface area contributed by atoms with Gasteiger partial charge in [0.1, 0.15) is 0 Å². The van der Waals surface area contributed by atoms with Crippen molar-refractivity contribution in [2.24, 2.45) is 16.7 Å². The summed E-state index contributed by atoms with van der Waals surface area (Å²) in [7, 11) is 0. The van der Waals surface area contributed by atoms with E-state index < -0.39 is 0 Å². The lowest BCUT2D eigenvalue weighted by atomic mass is 9.64. The second-order valence-corrected chi connectivity index (χ2v) is 6.44.